The highest BCUT2D eigenvalue weighted by Crippen LogP contribution is 2.13. The molecule has 0 radical (unpaired) electrons. The zero-order valence-electron chi connectivity index (χ0n) is 9.71. The van der Waals surface area contributed by atoms with Crippen molar-refractivity contribution in [2.24, 2.45) is 5.92 Å². The van der Waals surface area contributed by atoms with Crippen LogP contribution >= 0.6 is 0 Å². The standard InChI is InChI=1S/C11H22O3/c1-5-11(8-14-10(4)12)7-9(3)13-6-2/h9,11H,5-8H2,1-4H3/t9?,11-/m0/s1. The van der Waals surface area contributed by atoms with Crippen LogP contribution in [-0.4, -0.2) is 25.3 Å². The van der Waals surface area contributed by atoms with Gasteiger partial charge in [0.05, 0.1) is 12.7 Å². The fraction of sp³-hybridized carbons (Fsp3) is 0.909. The van der Waals surface area contributed by atoms with Gasteiger partial charge in [-0.1, -0.05) is 6.92 Å². The first-order valence-electron chi connectivity index (χ1n) is 5.35. The molecule has 2 atom stereocenters. The second-order valence-corrected chi connectivity index (χ2v) is 3.58. The molecule has 14 heavy (non-hydrogen) atoms. The highest BCUT2D eigenvalue weighted by Gasteiger charge is 2.12. The van der Waals surface area contributed by atoms with Crippen LogP contribution in [-0.2, 0) is 14.3 Å². The van der Waals surface area contributed by atoms with Crippen molar-refractivity contribution in [3.8, 4) is 0 Å². The van der Waals surface area contributed by atoms with Gasteiger partial charge >= 0.3 is 5.97 Å². The maximum atomic E-state index is 10.6. The SMILES string of the molecule is CCOC(C)C[C@H](CC)COC(C)=O. The van der Waals surface area contributed by atoms with E-state index in [0.717, 1.165) is 19.4 Å². The number of hydrogen-bond acceptors (Lipinski definition) is 3. The van der Waals surface area contributed by atoms with Crippen molar-refractivity contribution in [1.82, 2.24) is 0 Å². The topological polar surface area (TPSA) is 35.5 Å². The molecule has 0 rings (SSSR count). The van der Waals surface area contributed by atoms with Gasteiger partial charge in [0.25, 0.3) is 0 Å². The summed E-state index contributed by atoms with van der Waals surface area (Å²) in [6, 6.07) is 0. The van der Waals surface area contributed by atoms with Crippen LogP contribution < -0.4 is 0 Å². The summed E-state index contributed by atoms with van der Waals surface area (Å²) in [4.78, 5) is 10.6. The number of ether oxygens (including phenoxy) is 2. The average molecular weight is 202 g/mol. The summed E-state index contributed by atoms with van der Waals surface area (Å²) in [7, 11) is 0. The van der Waals surface area contributed by atoms with E-state index in [4.69, 9.17) is 9.47 Å². The molecular weight excluding hydrogens is 180 g/mol. The highest BCUT2D eigenvalue weighted by atomic mass is 16.5. The van der Waals surface area contributed by atoms with E-state index in [1.807, 2.05) is 6.92 Å². The molecule has 0 aromatic heterocycles. The third kappa shape index (κ3) is 6.89. The van der Waals surface area contributed by atoms with Crippen LogP contribution in [0.15, 0.2) is 0 Å². The lowest BCUT2D eigenvalue weighted by molar-refractivity contribution is -0.142. The zero-order valence-corrected chi connectivity index (χ0v) is 9.71. The monoisotopic (exact) mass is 202 g/mol. The lowest BCUT2D eigenvalue weighted by Crippen LogP contribution is -2.19. The van der Waals surface area contributed by atoms with Crippen molar-refractivity contribution in [3.63, 3.8) is 0 Å². The second-order valence-electron chi connectivity index (χ2n) is 3.58. The Balaban J connectivity index is 3.71. The van der Waals surface area contributed by atoms with Crippen molar-refractivity contribution in [2.75, 3.05) is 13.2 Å². The van der Waals surface area contributed by atoms with Gasteiger partial charge in [0.1, 0.15) is 0 Å². The molecule has 0 aliphatic carbocycles. The van der Waals surface area contributed by atoms with E-state index in [1.54, 1.807) is 0 Å². The van der Waals surface area contributed by atoms with Gasteiger partial charge in [-0.25, -0.2) is 0 Å². The van der Waals surface area contributed by atoms with Crippen LogP contribution in [0.4, 0.5) is 0 Å². The maximum Gasteiger partial charge on any atom is 0.302 e. The van der Waals surface area contributed by atoms with Crippen molar-refractivity contribution >= 4 is 5.97 Å². The predicted molar refractivity (Wildman–Crippen MR) is 56.1 cm³/mol. The Kier molecular flexibility index (Phi) is 7.48. The van der Waals surface area contributed by atoms with Crippen LogP contribution in [0.25, 0.3) is 0 Å². The summed E-state index contributed by atoms with van der Waals surface area (Å²) >= 11 is 0. The quantitative estimate of drug-likeness (QED) is 0.595. The van der Waals surface area contributed by atoms with Crippen LogP contribution in [0.1, 0.15) is 40.5 Å². The second kappa shape index (κ2) is 7.80. The maximum absolute atomic E-state index is 10.6. The Morgan fingerprint density at radius 3 is 2.43 bits per heavy atom. The summed E-state index contributed by atoms with van der Waals surface area (Å²) in [5.74, 6) is 0.216. The Morgan fingerprint density at radius 1 is 1.36 bits per heavy atom. The van der Waals surface area contributed by atoms with Gasteiger partial charge < -0.3 is 9.47 Å². The van der Waals surface area contributed by atoms with Crippen LogP contribution in [0.2, 0.25) is 0 Å². The third-order valence-electron chi connectivity index (χ3n) is 2.22. The van der Waals surface area contributed by atoms with Crippen molar-refractivity contribution < 1.29 is 14.3 Å². The number of esters is 1. The van der Waals surface area contributed by atoms with Crippen molar-refractivity contribution in [1.29, 1.82) is 0 Å². The van der Waals surface area contributed by atoms with E-state index in [2.05, 4.69) is 13.8 Å². The molecule has 0 bridgehead atoms. The normalized spacial score (nSPS) is 14.9. The summed E-state index contributed by atoms with van der Waals surface area (Å²) in [6.07, 6.45) is 2.22. The average Bonchev–Trinajstić information content (AvgIpc) is 2.12. The molecule has 1 unspecified atom stereocenters. The summed E-state index contributed by atoms with van der Waals surface area (Å²) < 4.78 is 10.4. The molecule has 0 N–H and O–H groups in total. The fourth-order valence-corrected chi connectivity index (χ4v) is 1.41. The largest absolute Gasteiger partial charge is 0.466 e. The molecule has 0 fully saturated rings. The van der Waals surface area contributed by atoms with Crippen LogP contribution in [0, 0.1) is 5.92 Å². The zero-order chi connectivity index (χ0) is 11.0. The van der Waals surface area contributed by atoms with Gasteiger partial charge in [0.15, 0.2) is 0 Å². The minimum absolute atomic E-state index is 0.201. The van der Waals surface area contributed by atoms with E-state index >= 15 is 0 Å². The lowest BCUT2D eigenvalue weighted by Gasteiger charge is -2.19. The summed E-state index contributed by atoms with van der Waals surface area (Å²) in [5, 5.41) is 0. The first kappa shape index (κ1) is 13.4. The molecule has 0 spiro atoms. The summed E-state index contributed by atoms with van der Waals surface area (Å²) in [6.45, 7) is 8.85. The lowest BCUT2D eigenvalue weighted by atomic mass is 10.0. The highest BCUT2D eigenvalue weighted by molar-refractivity contribution is 5.65. The predicted octanol–water partition coefficient (Wildman–Crippen LogP) is 2.39. The molecule has 0 aromatic carbocycles. The number of rotatable bonds is 7. The van der Waals surface area contributed by atoms with Crippen molar-refractivity contribution in [3.05, 3.63) is 0 Å². The number of hydrogen-bond donors (Lipinski definition) is 0. The van der Waals surface area contributed by atoms with E-state index in [0.29, 0.717) is 12.5 Å². The minimum atomic E-state index is -0.201. The fourth-order valence-electron chi connectivity index (χ4n) is 1.41. The van der Waals surface area contributed by atoms with Gasteiger partial charge in [-0.05, 0) is 32.6 Å². The summed E-state index contributed by atoms with van der Waals surface area (Å²) in [5.41, 5.74) is 0. The van der Waals surface area contributed by atoms with E-state index in [-0.39, 0.29) is 12.1 Å². The number of carbonyl (C=O) groups excluding carboxylic acids is 1. The molecule has 0 aliphatic rings. The van der Waals surface area contributed by atoms with Crippen LogP contribution in [0.3, 0.4) is 0 Å². The molecule has 0 aromatic rings. The van der Waals surface area contributed by atoms with E-state index < -0.39 is 0 Å². The molecule has 0 saturated heterocycles. The first-order valence-corrected chi connectivity index (χ1v) is 5.35. The Bertz CT molecular complexity index is 157. The third-order valence-corrected chi connectivity index (χ3v) is 2.22. The van der Waals surface area contributed by atoms with Crippen molar-refractivity contribution in [2.45, 2.75) is 46.6 Å². The smallest absolute Gasteiger partial charge is 0.302 e. The van der Waals surface area contributed by atoms with Gasteiger partial charge in [-0.2, -0.15) is 0 Å². The Morgan fingerprint density at radius 2 is 2.00 bits per heavy atom. The molecule has 0 aliphatic heterocycles. The van der Waals surface area contributed by atoms with Crippen LogP contribution in [0.5, 0.6) is 0 Å². The molecule has 84 valence electrons. The number of carbonyl (C=O) groups is 1. The molecular formula is C11H22O3. The molecule has 0 amide bonds. The molecule has 3 heteroatoms. The van der Waals surface area contributed by atoms with Gasteiger partial charge in [-0.15, -0.1) is 0 Å². The molecule has 0 heterocycles. The van der Waals surface area contributed by atoms with E-state index in [9.17, 15) is 4.79 Å². The molecule has 3 nitrogen and oxygen atoms in total. The van der Waals surface area contributed by atoms with E-state index in [1.165, 1.54) is 6.92 Å². The van der Waals surface area contributed by atoms with Gasteiger partial charge in [0, 0.05) is 13.5 Å². The molecule has 0 saturated carbocycles. The van der Waals surface area contributed by atoms with Gasteiger partial charge in [0.2, 0.25) is 0 Å². The Hall–Kier alpha value is -0.570. The van der Waals surface area contributed by atoms with Gasteiger partial charge in [-0.3, -0.25) is 4.79 Å². The first-order chi connectivity index (χ1) is 6.60. The minimum Gasteiger partial charge on any atom is -0.466 e. The Labute approximate surface area is 86.8 Å².